The number of anilines is 1. The number of alkyl carbamates (subject to hydrolysis) is 1. The quantitative estimate of drug-likeness (QED) is 0.111. The first-order valence-corrected chi connectivity index (χ1v) is 17.1. The number of nitrogens with zero attached hydrogens (tertiary/aromatic N) is 2. The molecular formula is C29H45N5O5Si. The smallest absolute Gasteiger partial charge is 0.409 e. The number of carbonyl (C=O) groups is 2. The highest BCUT2D eigenvalue weighted by Crippen LogP contribution is 2.29. The minimum absolute atomic E-state index is 0.263. The summed E-state index contributed by atoms with van der Waals surface area (Å²) in [6, 6.07) is 5.83. The Balaban J connectivity index is 2.51. The van der Waals surface area contributed by atoms with E-state index in [0.29, 0.717) is 43.3 Å². The van der Waals surface area contributed by atoms with E-state index in [-0.39, 0.29) is 6.73 Å². The fourth-order valence-electron chi connectivity index (χ4n) is 3.83. The van der Waals surface area contributed by atoms with Crippen molar-refractivity contribution in [2.75, 3.05) is 18.5 Å². The maximum Gasteiger partial charge on any atom is 0.409 e. The van der Waals surface area contributed by atoms with Crippen molar-refractivity contribution in [1.82, 2.24) is 20.2 Å². The number of carbonyl (C=O) groups excluding carboxylic acids is 1. The Morgan fingerprint density at radius 1 is 1.20 bits per heavy atom. The van der Waals surface area contributed by atoms with Crippen LogP contribution in [0.1, 0.15) is 44.6 Å². The molecule has 2 rings (SSSR count). The predicted molar refractivity (Wildman–Crippen MR) is 162 cm³/mol. The average molecular weight is 572 g/mol. The number of imidazole rings is 1. The molecular weight excluding hydrogens is 526 g/mol. The monoisotopic (exact) mass is 571 g/mol. The van der Waals surface area contributed by atoms with E-state index in [1.165, 1.54) is 0 Å². The fourth-order valence-corrected chi connectivity index (χ4v) is 4.58. The molecule has 1 aromatic heterocycles. The van der Waals surface area contributed by atoms with Crippen molar-refractivity contribution in [3.63, 3.8) is 0 Å². The molecule has 0 spiro atoms. The zero-order valence-corrected chi connectivity index (χ0v) is 25.7. The summed E-state index contributed by atoms with van der Waals surface area (Å²) in [5.41, 5.74) is 2.15. The van der Waals surface area contributed by atoms with Crippen LogP contribution in [-0.2, 0) is 22.7 Å². The Morgan fingerprint density at radius 2 is 1.93 bits per heavy atom. The summed E-state index contributed by atoms with van der Waals surface area (Å²) in [5.74, 6) is 0.603. The Bertz CT molecular complexity index is 1170. The Kier molecular flexibility index (Phi) is 12.2. The number of aromatic nitrogens is 2. The summed E-state index contributed by atoms with van der Waals surface area (Å²) in [4.78, 5) is 28.9. The maximum atomic E-state index is 12.7. The lowest BCUT2D eigenvalue weighted by molar-refractivity contribution is 0.0492. The van der Waals surface area contributed by atoms with Gasteiger partial charge in [0, 0.05) is 45.2 Å². The number of hydrogen-bond acceptors (Lipinski definition) is 6. The van der Waals surface area contributed by atoms with Crippen molar-refractivity contribution in [2.45, 2.75) is 77.8 Å². The van der Waals surface area contributed by atoms with E-state index >= 15 is 0 Å². The molecule has 0 radical (unpaired) electrons. The molecule has 0 saturated carbocycles. The summed E-state index contributed by atoms with van der Waals surface area (Å²) >= 11 is 0. The largest absolute Gasteiger partial charge is 0.465 e. The van der Waals surface area contributed by atoms with Crippen LogP contribution in [0.2, 0.25) is 25.7 Å². The first kappa shape index (κ1) is 32.8. The second kappa shape index (κ2) is 14.8. The van der Waals surface area contributed by atoms with Gasteiger partial charge in [0.15, 0.2) is 0 Å². The molecule has 0 fully saturated rings. The molecule has 2 amide bonds. The minimum atomic E-state index is -1.27. The van der Waals surface area contributed by atoms with Crippen molar-refractivity contribution in [3.05, 3.63) is 61.1 Å². The minimum Gasteiger partial charge on any atom is -0.465 e. The van der Waals surface area contributed by atoms with Crippen LogP contribution >= 0.6 is 0 Å². The van der Waals surface area contributed by atoms with Crippen LogP contribution < -0.4 is 16.0 Å². The topological polar surface area (TPSA) is 127 Å². The molecule has 0 aliphatic rings. The lowest BCUT2D eigenvalue weighted by atomic mass is 10.0. The second-order valence-electron chi connectivity index (χ2n) is 11.7. The number of carboxylic acid groups (broad SMARTS) is 1. The molecule has 0 bridgehead atoms. The van der Waals surface area contributed by atoms with Gasteiger partial charge in [-0.2, -0.15) is 0 Å². The summed E-state index contributed by atoms with van der Waals surface area (Å²) < 4.78 is 13.5. The van der Waals surface area contributed by atoms with Crippen molar-refractivity contribution < 1.29 is 24.2 Å². The van der Waals surface area contributed by atoms with Crippen LogP contribution in [0.3, 0.4) is 0 Å². The van der Waals surface area contributed by atoms with E-state index in [0.717, 1.165) is 17.2 Å². The molecule has 1 atom stereocenters. The molecule has 40 heavy (non-hydrogen) atoms. The molecule has 10 nitrogen and oxygen atoms in total. The lowest BCUT2D eigenvalue weighted by Crippen LogP contribution is -2.36. The highest BCUT2D eigenvalue weighted by molar-refractivity contribution is 6.76. The summed E-state index contributed by atoms with van der Waals surface area (Å²) in [6.45, 7) is 21.9. The van der Waals surface area contributed by atoms with Crippen molar-refractivity contribution in [3.8, 4) is 11.3 Å². The molecule has 0 aliphatic carbocycles. The molecule has 0 unspecified atom stereocenters. The Hall–Kier alpha value is -3.41. The van der Waals surface area contributed by atoms with Crippen molar-refractivity contribution >= 4 is 25.9 Å². The van der Waals surface area contributed by atoms with E-state index < -0.39 is 31.9 Å². The number of ether oxygens (including phenoxy) is 2. The Morgan fingerprint density at radius 3 is 2.52 bits per heavy atom. The number of amides is 2. The van der Waals surface area contributed by atoms with Gasteiger partial charge in [-0.1, -0.05) is 37.9 Å². The van der Waals surface area contributed by atoms with E-state index in [4.69, 9.17) is 14.5 Å². The van der Waals surface area contributed by atoms with E-state index in [9.17, 15) is 14.7 Å². The Labute approximate surface area is 238 Å². The number of hydrogen-bond donors (Lipinski definition) is 4. The van der Waals surface area contributed by atoms with Gasteiger partial charge in [-0.15, -0.1) is 13.2 Å². The fraction of sp³-hybridized carbons (Fsp3) is 0.483. The SMILES string of the molecule is C=CCNCc1cc(NC(=O)O)ccc1-c1cn(COCC[Si](C)(C)C)c([C@H](CC=C)NC(=O)OC(C)(C)C)n1. The van der Waals surface area contributed by atoms with Crippen LogP contribution in [0.15, 0.2) is 49.7 Å². The van der Waals surface area contributed by atoms with Crippen LogP contribution in [0.4, 0.5) is 15.3 Å². The maximum absolute atomic E-state index is 12.7. The number of benzene rings is 1. The van der Waals surface area contributed by atoms with E-state index in [1.807, 2.05) is 37.6 Å². The molecule has 0 saturated heterocycles. The highest BCUT2D eigenvalue weighted by atomic mass is 28.3. The van der Waals surface area contributed by atoms with Gasteiger partial charge in [-0.25, -0.2) is 14.6 Å². The van der Waals surface area contributed by atoms with Gasteiger partial charge < -0.3 is 29.8 Å². The van der Waals surface area contributed by atoms with Crippen molar-refractivity contribution in [1.29, 1.82) is 0 Å². The third-order valence-electron chi connectivity index (χ3n) is 5.68. The van der Waals surface area contributed by atoms with Gasteiger partial charge in [0.2, 0.25) is 0 Å². The molecule has 220 valence electrons. The molecule has 4 N–H and O–H groups in total. The number of nitrogens with one attached hydrogen (secondary N) is 3. The van der Waals surface area contributed by atoms with Crippen LogP contribution in [0.5, 0.6) is 0 Å². The van der Waals surface area contributed by atoms with Gasteiger partial charge >= 0.3 is 12.2 Å². The van der Waals surface area contributed by atoms with Gasteiger partial charge in [-0.3, -0.25) is 5.32 Å². The molecule has 1 heterocycles. The van der Waals surface area contributed by atoms with Crippen LogP contribution in [0, 0.1) is 0 Å². The van der Waals surface area contributed by atoms with E-state index in [2.05, 4.69) is 48.7 Å². The third kappa shape index (κ3) is 11.4. The zero-order valence-electron chi connectivity index (χ0n) is 24.7. The van der Waals surface area contributed by atoms with Crippen molar-refractivity contribution in [2.24, 2.45) is 0 Å². The molecule has 1 aromatic carbocycles. The lowest BCUT2D eigenvalue weighted by Gasteiger charge is -2.23. The first-order valence-electron chi connectivity index (χ1n) is 13.4. The highest BCUT2D eigenvalue weighted by Gasteiger charge is 2.25. The average Bonchev–Trinajstić information content (AvgIpc) is 3.23. The van der Waals surface area contributed by atoms with Gasteiger partial charge in [0.05, 0.1) is 11.7 Å². The van der Waals surface area contributed by atoms with E-state index in [1.54, 1.807) is 24.3 Å². The van der Waals surface area contributed by atoms with Gasteiger partial charge in [0.25, 0.3) is 0 Å². The third-order valence-corrected chi connectivity index (χ3v) is 7.38. The summed E-state index contributed by atoms with van der Waals surface area (Å²) in [7, 11) is -1.27. The number of rotatable bonds is 15. The van der Waals surface area contributed by atoms with Crippen LogP contribution in [-0.4, -0.2) is 53.7 Å². The molecule has 0 aliphatic heterocycles. The zero-order chi connectivity index (χ0) is 29.9. The van der Waals surface area contributed by atoms with Gasteiger partial charge in [0.1, 0.15) is 18.2 Å². The van der Waals surface area contributed by atoms with Gasteiger partial charge in [-0.05, 0) is 50.9 Å². The predicted octanol–water partition coefficient (Wildman–Crippen LogP) is 6.37. The van der Waals surface area contributed by atoms with Crippen LogP contribution in [0.25, 0.3) is 11.3 Å². The summed E-state index contributed by atoms with van der Waals surface area (Å²) in [5, 5.41) is 17.8. The second-order valence-corrected chi connectivity index (χ2v) is 17.4. The molecule has 2 aromatic rings. The molecule has 11 heteroatoms. The standard InChI is InChI=1S/C29H45N5O5Si/c1-9-11-24(33-28(37)39-29(3,4)5)26-32-25(19-34(26)20-38-15-16-40(6,7)8)23-13-12-22(31-27(35)36)17-21(23)18-30-14-10-2/h9-10,12-13,17,19,24,30-31H,1-2,11,14-16,18,20H2,3-8H3,(H,33,37)(H,35,36)/t24-/m0/s1. The first-order chi connectivity index (χ1) is 18.7. The summed E-state index contributed by atoms with van der Waals surface area (Å²) in [6.07, 6.45) is 4.12. The normalized spacial score (nSPS) is 12.4.